The van der Waals surface area contributed by atoms with Gasteiger partial charge < -0.3 is 14.4 Å². The Balaban J connectivity index is 1.56. The maximum atomic E-state index is 13.6. The summed E-state index contributed by atoms with van der Waals surface area (Å²) in [6.45, 7) is 4.18. The van der Waals surface area contributed by atoms with E-state index in [9.17, 15) is 24.5 Å². The Bertz CT molecular complexity index is 1310. The third kappa shape index (κ3) is 5.49. The first kappa shape index (κ1) is 26.7. The molecule has 0 spiro atoms. The molecule has 0 aromatic heterocycles. The molecule has 2 aromatic carbocycles. The van der Waals surface area contributed by atoms with Gasteiger partial charge in [-0.25, -0.2) is 4.79 Å². The van der Waals surface area contributed by atoms with Gasteiger partial charge in [0, 0.05) is 61.0 Å². The normalized spacial score (nSPS) is 20.0. The molecule has 2 unspecified atom stereocenters. The molecule has 198 valence electrons. The largest absolute Gasteiger partial charge is 0.468 e. The summed E-state index contributed by atoms with van der Waals surface area (Å²) in [5.41, 5.74) is 1.84. The van der Waals surface area contributed by atoms with Crippen LogP contribution < -0.4 is 0 Å². The summed E-state index contributed by atoms with van der Waals surface area (Å²) < 4.78 is 10.9. The Morgan fingerprint density at radius 1 is 1.03 bits per heavy atom. The highest BCUT2D eigenvalue weighted by Gasteiger charge is 2.43. The molecule has 1 amide bonds. The molecule has 4 rings (SSSR count). The van der Waals surface area contributed by atoms with Crippen LogP contribution in [-0.4, -0.2) is 59.7 Å². The fourth-order valence-electron chi connectivity index (χ4n) is 5.08. The van der Waals surface area contributed by atoms with Crippen LogP contribution in [0.4, 0.5) is 5.69 Å². The van der Waals surface area contributed by atoms with Crippen molar-refractivity contribution < 1.29 is 28.8 Å². The number of allylic oxidation sites excluding steroid dienone is 1. The van der Waals surface area contributed by atoms with Crippen molar-refractivity contribution in [3.8, 4) is 0 Å². The molecule has 0 N–H and O–H groups in total. The Kier molecular flexibility index (Phi) is 7.99. The molecule has 0 bridgehead atoms. The molecular formula is C28H29N3O7. The Labute approximate surface area is 220 Å². The zero-order valence-corrected chi connectivity index (χ0v) is 21.5. The number of ether oxygens (including phenoxy) is 2. The highest BCUT2D eigenvalue weighted by atomic mass is 16.6. The van der Waals surface area contributed by atoms with Crippen molar-refractivity contribution in [2.75, 3.05) is 20.2 Å². The molecule has 38 heavy (non-hydrogen) atoms. The highest BCUT2D eigenvalue weighted by molar-refractivity contribution is 6.07. The smallest absolute Gasteiger partial charge is 0.336 e. The number of esters is 2. The quantitative estimate of drug-likeness (QED) is 0.320. The molecule has 2 aliphatic heterocycles. The topological polar surface area (TPSA) is 128 Å². The number of carbonyl (C=O) groups excluding carboxylic acids is 3. The predicted octanol–water partition coefficient (Wildman–Crippen LogP) is 4.06. The predicted molar refractivity (Wildman–Crippen MR) is 139 cm³/mol. The molecular weight excluding hydrogens is 490 g/mol. The van der Waals surface area contributed by atoms with Gasteiger partial charge in [0.2, 0.25) is 0 Å². The van der Waals surface area contributed by atoms with Gasteiger partial charge in [-0.3, -0.25) is 24.7 Å². The van der Waals surface area contributed by atoms with Crippen LogP contribution >= 0.6 is 0 Å². The molecule has 2 atom stereocenters. The number of hydrogen-bond donors (Lipinski definition) is 0. The number of rotatable bonds is 6. The van der Waals surface area contributed by atoms with Crippen LogP contribution in [0.1, 0.15) is 48.5 Å². The van der Waals surface area contributed by atoms with Gasteiger partial charge in [0.05, 0.1) is 17.6 Å². The molecule has 1 fully saturated rings. The molecule has 10 nitrogen and oxygen atoms in total. The van der Waals surface area contributed by atoms with Crippen LogP contribution in [0.3, 0.4) is 0 Å². The van der Waals surface area contributed by atoms with Crippen molar-refractivity contribution in [2.45, 2.75) is 38.7 Å². The van der Waals surface area contributed by atoms with Gasteiger partial charge in [-0.15, -0.1) is 0 Å². The first-order chi connectivity index (χ1) is 18.2. The molecule has 2 heterocycles. The van der Waals surface area contributed by atoms with Crippen molar-refractivity contribution >= 4 is 29.2 Å². The molecule has 0 aliphatic carbocycles. The molecule has 2 aliphatic rings. The minimum absolute atomic E-state index is 0.0716. The van der Waals surface area contributed by atoms with E-state index in [4.69, 9.17) is 9.47 Å². The summed E-state index contributed by atoms with van der Waals surface area (Å²) in [6, 6.07) is 14.9. The van der Waals surface area contributed by atoms with Gasteiger partial charge in [0.25, 0.3) is 11.6 Å². The number of hydrogen-bond acceptors (Lipinski definition) is 8. The van der Waals surface area contributed by atoms with Gasteiger partial charge >= 0.3 is 11.9 Å². The lowest BCUT2D eigenvalue weighted by molar-refractivity contribution is -0.384. The first-order valence-corrected chi connectivity index (χ1v) is 12.3. The van der Waals surface area contributed by atoms with Crippen molar-refractivity contribution in [1.82, 2.24) is 4.90 Å². The number of amides is 1. The Morgan fingerprint density at radius 3 is 2.34 bits per heavy atom. The third-order valence-corrected chi connectivity index (χ3v) is 6.97. The van der Waals surface area contributed by atoms with E-state index in [0.29, 0.717) is 48.5 Å². The number of methoxy groups -OCH3 is 1. The van der Waals surface area contributed by atoms with E-state index in [2.05, 4.69) is 4.99 Å². The van der Waals surface area contributed by atoms with E-state index in [1.807, 2.05) is 18.2 Å². The molecule has 0 saturated carbocycles. The molecule has 10 heteroatoms. The second kappa shape index (κ2) is 11.4. The number of benzene rings is 2. The van der Waals surface area contributed by atoms with Gasteiger partial charge in [-0.2, -0.15) is 0 Å². The fourth-order valence-corrected chi connectivity index (χ4v) is 5.08. The zero-order chi connectivity index (χ0) is 27.4. The van der Waals surface area contributed by atoms with Crippen LogP contribution in [0, 0.1) is 16.0 Å². The standard InChI is InChI=1S/C28H29N3O7/c1-17-23(27(33)37-3)25(20-10-7-11-21(16-20)31(35)36)24(18(2)29-17)28(34)38-22-12-14-30(15-13-22)26(32)19-8-5-4-6-9-19/h4-11,16,22-23,25H,12-15H2,1-3H3. The molecule has 0 radical (unpaired) electrons. The first-order valence-electron chi connectivity index (χ1n) is 12.3. The minimum Gasteiger partial charge on any atom is -0.468 e. The van der Waals surface area contributed by atoms with E-state index in [-0.39, 0.29) is 17.2 Å². The fraction of sp³-hybridized carbons (Fsp3) is 0.357. The second-order valence-electron chi connectivity index (χ2n) is 9.35. The lowest BCUT2D eigenvalue weighted by Gasteiger charge is -2.34. The van der Waals surface area contributed by atoms with Crippen molar-refractivity contribution in [3.05, 3.63) is 87.1 Å². The summed E-state index contributed by atoms with van der Waals surface area (Å²) in [5, 5.41) is 11.4. The number of likely N-dealkylation sites (tertiary alicyclic amines) is 1. The number of carbonyl (C=O) groups is 3. The summed E-state index contributed by atoms with van der Waals surface area (Å²) in [6.07, 6.45) is 0.485. The van der Waals surface area contributed by atoms with Crippen LogP contribution in [0.5, 0.6) is 0 Å². The van der Waals surface area contributed by atoms with Crippen LogP contribution in [0.2, 0.25) is 0 Å². The van der Waals surface area contributed by atoms with Gasteiger partial charge in [-0.1, -0.05) is 30.3 Å². The molecule has 2 aromatic rings. The number of nitro groups is 1. The van der Waals surface area contributed by atoms with Gasteiger partial charge in [0.15, 0.2) is 0 Å². The van der Waals surface area contributed by atoms with E-state index in [1.165, 1.54) is 25.3 Å². The van der Waals surface area contributed by atoms with Crippen LogP contribution in [0.15, 0.2) is 70.9 Å². The lowest BCUT2D eigenvalue weighted by Crippen LogP contribution is -2.42. The maximum Gasteiger partial charge on any atom is 0.336 e. The van der Waals surface area contributed by atoms with E-state index >= 15 is 0 Å². The number of piperidine rings is 1. The monoisotopic (exact) mass is 519 g/mol. The molecule has 1 saturated heterocycles. The van der Waals surface area contributed by atoms with E-state index < -0.39 is 34.8 Å². The van der Waals surface area contributed by atoms with Crippen LogP contribution in [0.25, 0.3) is 0 Å². The van der Waals surface area contributed by atoms with Crippen molar-refractivity contribution in [3.63, 3.8) is 0 Å². The number of non-ortho nitro benzene ring substituents is 1. The maximum absolute atomic E-state index is 13.6. The minimum atomic E-state index is -0.946. The second-order valence-corrected chi connectivity index (χ2v) is 9.35. The Morgan fingerprint density at radius 2 is 1.71 bits per heavy atom. The average Bonchev–Trinajstić information content (AvgIpc) is 2.92. The number of nitrogens with zero attached hydrogens (tertiary/aromatic N) is 3. The van der Waals surface area contributed by atoms with Crippen LogP contribution in [-0.2, 0) is 19.1 Å². The van der Waals surface area contributed by atoms with Crippen molar-refractivity contribution in [2.24, 2.45) is 10.9 Å². The summed E-state index contributed by atoms with van der Waals surface area (Å²) in [7, 11) is 1.24. The third-order valence-electron chi connectivity index (χ3n) is 6.97. The average molecular weight is 520 g/mol. The van der Waals surface area contributed by atoms with Gasteiger partial charge in [-0.05, 0) is 31.5 Å². The SMILES string of the molecule is COC(=O)C1C(C)=NC(C)=C(C(=O)OC2CCN(C(=O)c3ccccc3)CC2)C1c1cccc([N+](=O)[O-])c1. The lowest BCUT2D eigenvalue weighted by atomic mass is 9.75. The number of nitro benzene ring substituents is 1. The van der Waals surface area contributed by atoms with Crippen molar-refractivity contribution in [1.29, 1.82) is 0 Å². The number of aliphatic imine (C=N–C) groups is 1. The Hall–Kier alpha value is -4.34. The summed E-state index contributed by atoms with van der Waals surface area (Å²) in [5.74, 6) is -3.13. The van der Waals surface area contributed by atoms with Gasteiger partial charge in [0.1, 0.15) is 12.0 Å². The van der Waals surface area contributed by atoms with E-state index in [1.54, 1.807) is 36.9 Å². The summed E-state index contributed by atoms with van der Waals surface area (Å²) in [4.78, 5) is 56.2. The zero-order valence-electron chi connectivity index (χ0n) is 21.5. The van der Waals surface area contributed by atoms with E-state index in [0.717, 1.165) is 0 Å². The summed E-state index contributed by atoms with van der Waals surface area (Å²) >= 11 is 0. The highest BCUT2D eigenvalue weighted by Crippen LogP contribution is 2.41.